The van der Waals surface area contributed by atoms with Crippen LogP contribution in [0.15, 0.2) is 72.9 Å². The highest BCUT2D eigenvalue weighted by Crippen LogP contribution is 2.29. The highest BCUT2D eigenvalue weighted by Gasteiger charge is 2.24. The number of aromatic carboxylic acids is 1. The van der Waals surface area contributed by atoms with Crippen molar-refractivity contribution in [2.75, 3.05) is 6.61 Å². The number of imidazole rings is 1. The molecule has 13 heteroatoms. The first kappa shape index (κ1) is 31.6. The van der Waals surface area contributed by atoms with E-state index < -0.39 is 23.4 Å². The van der Waals surface area contributed by atoms with Crippen LogP contribution in [-0.2, 0) is 31.4 Å². The van der Waals surface area contributed by atoms with E-state index >= 15 is 8.78 Å². The normalized spacial score (nSPS) is 13.9. The first-order valence-electron chi connectivity index (χ1n) is 15.3. The van der Waals surface area contributed by atoms with Gasteiger partial charge in [-0.15, -0.1) is 5.10 Å². The van der Waals surface area contributed by atoms with E-state index in [1.54, 1.807) is 37.5 Å². The Labute approximate surface area is 277 Å². The number of rotatable bonds is 9. The van der Waals surface area contributed by atoms with E-state index in [9.17, 15) is 14.3 Å². The number of carboxylic acid groups (broad SMARTS) is 1. The number of aryl methyl sites for hydroxylation is 1. The Hall–Kier alpha value is -6.00. The maximum Gasteiger partial charge on any atom is 0.335 e. The molecule has 1 unspecified atom stereocenters. The Bertz CT molecular complexity index is 2290. The van der Waals surface area contributed by atoms with Gasteiger partial charge < -0.3 is 19.1 Å². The van der Waals surface area contributed by atoms with E-state index in [0.717, 1.165) is 18.6 Å². The Morgan fingerprint density at radius 2 is 1.84 bits per heavy atom. The third-order valence-corrected chi connectivity index (χ3v) is 8.10. The Balaban J connectivity index is 1.08. The molecule has 1 saturated heterocycles. The van der Waals surface area contributed by atoms with Crippen LogP contribution in [0.4, 0.5) is 13.2 Å². The third-order valence-electron chi connectivity index (χ3n) is 8.10. The molecular weight excluding hydrogens is 637 g/mol. The summed E-state index contributed by atoms with van der Waals surface area (Å²) in [5.74, 6) is 3.23. The van der Waals surface area contributed by atoms with E-state index in [1.807, 2.05) is 4.57 Å². The van der Waals surface area contributed by atoms with Crippen LogP contribution in [0.5, 0.6) is 5.88 Å². The lowest BCUT2D eigenvalue weighted by atomic mass is 10.0. The monoisotopic (exact) mass is 664 g/mol. The van der Waals surface area contributed by atoms with Crippen LogP contribution in [0, 0.1) is 29.3 Å². The Morgan fingerprint density at radius 3 is 2.57 bits per heavy atom. The molecule has 0 aliphatic carbocycles. The molecular formula is C36H27F3N6O4. The van der Waals surface area contributed by atoms with Crippen molar-refractivity contribution in [2.45, 2.75) is 32.1 Å². The molecule has 1 aliphatic heterocycles. The second kappa shape index (κ2) is 13.2. The Kier molecular flexibility index (Phi) is 8.54. The molecule has 0 amide bonds. The van der Waals surface area contributed by atoms with Gasteiger partial charge in [0.1, 0.15) is 29.9 Å². The van der Waals surface area contributed by atoms with E-state index in [1.165, 1.54) is 35.0 Å². The summed E-state index contributed by atoms with van der Waals surface area (Å²) in [6.07, 6.45) is 2.35. The number of carboxylic acids is 1. The first-order valence-corrected chi connectivity index (χ1v) is 15.3. The van der Waals surface area contributed by atoms with Crippen LogP contribution in [0.25, 0.3) is 22.3 Å². The molecule has 1 fully saturated rings. The van der Waals surface area contributed by atoms with Crippen LogP contribution >= 0.6 is 0 Å². The number of benzene rings is 3. The number of pyridine rings is 1. The van der Waals surface area contributed by atoms with Crippen molar-refractivity contribution in [1.82, 2.24) is 29.5 Å². The lowest BCUT2D eigenvalue weighted by molar-refractivity contribution is -0.0589. The van der Waals surface area contributed by atoms with Crippen molar-refractivity contribution in [1.29, 1.82) is 0 Å². The van der Waals surface area contributed by atoms with E-state index in [4.69, 9.17) is 9.47 Å². The number of hydrogen-bond acceptors (Lipinski definition) is 7. The van der Waals surface area contributed by atoms with Crippen molar-refractivity contribution < 1.29 is 32.5 Å². The summed E-state index contributed by atoms with van der Waals surface area (Å²) in [6, 6.07) is 15.9. The zero-order valence-corrected chi connectivity index (χ0v) is 26.0. The van der Waals surface area contributed by atoms with Crippen LogP contribution in [-0.4, -0.2) is 53.3 Å². The first-order chi connectivity index (χ1) is 23.7. The standard InChI is InChI=1S/C36H27F3N6O4/c1-44-18-25(42-43-44)9-6-21-5-7-23(28(37)13-21)20-49-35-4-2-3-31(41-35)27-17-29(38)24(14-30(27)39)16-34-40-32-10-8-22(36(46)47)15-33(32)45(34)19-26-11-12-48-26/h2-5,7-8,10,13-15,17-18,26H,11-12,16,19-20H2,1H3,(H,46,47). The molecule has 3 aromatic heterocycles. The van der Waals surface area contributed by atoms with Gasteiger partial charge in [0.25, 0.3) is 0 Å². The molecule has 6 aromatic rings. The fourth-order valence-electron chi connectivity index (χ4n) is 5.45. The minimum Gasteiger partial charge on any atom is -0.478 e. The minimum atomic E-state index is -1.08. The second-order valence-corrected chi connectivity index (χ2v) is 11.5. The summed E-state index contributed by atoms with van der Waals surface area (Å²) < 4.78 is 60.6. The summed E-state index contributed by atoms with van der Waals surface area (Å²) in [7, 11) is 1.72. The van der Waals surface area contributed by atoms with Gasteiger partial charge in [-0.25, -0.2) is 27.9 Å². The molecule has 0 saturated carbocycles. The number of halogens is 3. The fourth-order valence-corrected chi connectivity index (χ4v) is 5.45. The van der Waals surface area contributed by atoms with Crippen molar-refractivity contribution in [3.63, 3.8) is 0 Å². The zero-order valence-electron chi connectivity index (χ0n) is 26.0. The van der Waals surface area contributed by atoms with Gasteiger partial charge in [0.15, 0.2) is 5.69 Å². The number of carbonyl (C=O) groups is 1. The minimum absolute atomic E-state index is 0.0420. The molecule has 4 heterocycles. The quantitative estimate of drug-likeness (QED) is 0.196. The van der Waals surface area contributed by atoms with E-state index in [-0.39, 0.29) is 53.0 Å². The smallest absolute Gasteiger partial charge is 0.335 e. The number of nitrogens with zero attached hydrogens (tertiary/aromatic N) is 6. The van der Waals surface area contributed by atoms with Crippen LogP contribution < -0.4 is 4.74 Å². The summed E-state index contributed by atoms with van der Waals surface area (Å²) in [4.78, 5) is 20.6. The molecule has 246 valence electrons. The van der Waals surface area contributed by atoms with Gasteiger partial charge in [0.05, 0.1) is 41.1 Å². The molecule has 1 aliphatic rings. The van der Waals surface area contributed by atoms with Gasteiger partial charge in [-0.3, -0.25) is 4.68 Å². The second-order valence-electron chi connectivity index (χ2n) is 11.5. The zero-order chi connectivity index (χ0) is 34.1. The average Bonchev–Trinajstić information content (AvgIpc) is 3.64. The topological polar surface area (TPSA) is 117 Å². The van der Waals surface area contributed by atoms with Gasteiger partial charge in [-0.1, -0.05) is 23.3 Å². The lowest BCUT2D eigenvalue weighted by Gasteiger charge is -2.27. The van der Waals surface area contributed by atoms with E-state index in [2.05, 4.69) is 32.1 Å². The number of ether oxygens (including phenoxy) is 2. The number of fused-ring (bicyclic) bond motifs is 1. The summed E-state index contributed by atoms with van der Waals surface area (Å²) in [5.41, 5.74) is 2.50. The van der Waals surface area contributed by atoms with Crippen molar-refractivity contribution >= 4 is 17.0 Å². The van der Waals surface area contributed by atoms with Crippen LogP contribution in [0.2, 0.25) is 0 Å². The van der Waals surface area contributed by atoms with Gasteiger partial charge in [-0.2, -0.15) is 0 Å². The predicted octanol–water partition coefficient (Wildman–Crippen LogP) is 5.70. The van der Waals surface area contributed by atoms with Gasteiger partial charge >= 0.3 is 5.97 Å². The maximum atomic E-state index is 15.6. The van der Waals surface area contributed by atoms with Gasteiger partial charge in [0, 0.05) is 42.8 Å². The highest BCUT2D eigenvalue weighted by molar-refractivity contribution is 5.92. The molecule has 1 N–H and O–H groups in total. The molecule has 0 radical (unpaired) electrons. The summed E-state index contributed by atoms with van der Waals surface area (Å²) in [5, 5.41) is 17.2. The van der Waals surface area contributed by atoms with E-state index in [0.29, 0.717) is 41.3 Å². The molecule has 7 rings (SSSR count). The maximum absolute atomic E-state index is 15.6. The number of aromatic nitrogens is 6. The molecule has 0 spiro atoms. The van der Waals surface area contributed by atoms with Crippen molar-refractivity contribution in [3.8, 4) is 29.0 Å². The van der Waals surface area contributed by atoms with Crippen LogP contribution in [0.1, 0.15) is 45.0 Å². The summed E-state index contributed by atoms with van der Waals surface area (Å²) in [6.45, 7) is 0.872. The molecule has 0 bridgehead atoms. The molecule has 10 nitrogen and oxygen atoms in total. The average molecular weight is 665 g/mol. The molecule has 49 heavy (non-hydrogen) atoms. The lowest BCUT2D eigenvalue weighted by Crippen LogP contribution is -2.31. The third kappa shape index (κ3) is 6.86. The largest absolute Gasteiger partial charge is 0.478 e. The number of hydrogen-bond donors (Lipinski definition) is 1. The predicted molar refractivity (Wildman–Crippen MR) is 171 cm³/mol. The van der Waals surface area contributed by atoms with Gasteiger partial charge in [0.2, 0.25) is 5.88 Å². The summed E-state index contributed by atoms with van der Waals surface area (Å²) >= 11 is 0. The fraction of sp³-hybridized carbons (Fsp3) is 0.194. The SMILES string of the molecule is Cn1cc(C#Cc2ccc(COc3cccc(-c4cc(F)c(Cc5nc6ccc(C(=O)O)cc6n5CC5CCO5)cc4F)n3)c(F)c2)nn1. The molecule has 3 aromatic carbocycles. The highest BCUT2D eigenvalue weighted by atomic mass is 19.1. The Morgan fingerprint density at radius 1 is 1.00 bits per heavy atom. The van der Waals surface area contributed by atoms with Gasteiger partial charge in [-0.05, 0) is 66.4 Å². The van der Waals surface area contributed by atoms with Crippen LogP contribution in [0.3, 0.4) is 0 Å². The van der Waals surface area contributed by atoms with Crippen molar-refractivity contribution in [2.24, 2.45) is 7.05 Å². The molecule has 1 atom stereocenters. The van der Waals surface area contributed by atoms with Crippen molar-refractivity contribution in [3.05, 3.63) is 124 Å².